The molecule has 0 saturated heterocycles. The third-order valence-corrected chi connectivity index (χ3v) is 8.71. The number of alkyl halides is 1. The van der Waals surface area contributed by atoms with Crippen molar-refractivity contribution >= 4 is 0 Å². The van der Waals surface area contributed by atoms with Crippen molar-refractivity contribution in [1.29, 1.82) is 0 Å². The Morgan fingerprint density at radius 1 is 0.955 bits per heavy atom. The summed E-state index contributed by atoms with van der Waals surface area (Å²) in [6.45, 7) is 4.74. The molecule has 9 atom stereocenters. The van der Waals surface area contributed by atoms with E-state index in [0.717, 1.165) is 31.6 Å². The Morgan fingerprint density at radius 3 is 2.45 bits per heavy atom. The van der Waals surface area contributed by atoms with Crippen molar-refractivity contribution in [3.63, 3.8) is 0 Å². The van der Waals surface area contributed by atoms with E-state index in [0.29, 0.717) is 29.6 Å². The summed E-state index contributed by atoms with van der Waals surface area (Å²) < 4.78 is 14.3. The average molecular weight is 309 g/mol. The van der Waals surface area contributed by atoms with Gasteiger partial charge in [-0.25, -0.2) is 4.39 Å². The summed E-state index contributed by atoms with van der Waals surface area (Å²) in [6, 6.07) is -0.253. The number of hydrogen-bond donors (Lipinski definition) is 2. The molecule has 2 nitrogen and oxygen atoms in total. The van der Waals surface area contributed by atoms with E-state index in [1.165, 1.54) is 19.3 Å². The molecule has 0 radical (unpaired) electrons. The first-order chi connectivity index (χ1) is 10.4. The van der Waals surface area contributed by atoms with Gasteiger partial charge >= 0.3 is 0 Å². The van der Waals surface area contributed by atoms with Crippen LogP contribution in [0.25, 0.3) is 0 Å². The predicted octanol–water partition coefficient (Wildman–Crippen LogP) is 3.67. The van der Waals surface area contributed by atoms with Gasteiger partial charge in [-0.15, -0.1) is 0 Å². The summed E-state index contributed by atoms with van der Waals surface area (Å²) >= 11 is 0. The van der Waals surface area contributed by atoms with Gasteiger partial charge < -0.3 is 10.8 Å². The lowest BCUT2D eigenvalue weighted by molar-refractivity contribution is -0.122. The molecule has 4 fully saturated rings. The molecule has 4 aliphatic carbocycles. The smallest absolute Gasteiger partial charge is 0.116 e. The van der Waals surface area contributed by atoms with Crippen LogP contribution in [0.3, 0.4) is 0 Å². The Labute approximate surface area is 134 Å². The number of aliphatic hydroxyl groups excluding tert-OH is 1. The Balaban J connectivity index is 1.63. The monoisotopic (exact) mass is 309 g/mol. The topological polar surface area (TPSA) is 46.2 Å². The van der Waals surface area contributed by atoms with E-state index in [2.05, 4.69) is 13.8 Å². The molecular weight excluding hydrogens is 277 g/mol. The molecule has 4 saturated carbocycles. The molecule has 0 aromatic heterocycles. The van der Waals surface area contributed by atoms with Gasteiger partial charge in [0.2, 0.25) is 0 Å². The van der Waals surface area contributed by atoms with Crippen molar-refractivity contribution in [3.05, 3.63) is 0 Å². The molecule has 0 heterocycles. The third-order valence-electron chi connectivity index (χ3n) is 8.71. The fraction of sp³-hybridized carbons (Fsp3) is 1.00. The highest BCUT2D eigenvalue weighted by molar-refractivity contribution is 5.12. The van der Waals surface area contributed by atoms with Crippen molar-refractivity contribution in [2.75, 3.05) is 0 Å². The maximum Gasteiger partial charge on any atom is 0.116 e. The number of rotatable bonds is 0. The van der Waals surface area contributed by atoms with Crippen LogP contribution in [0.2, 0.25) is 0 Å². The number of fused-ring (bicyclic) bond motifs is 5. The number of halogens is 1. The lowest BCUT2D eigenvalue weighted by Gasteiger charge is -2.60. The van der Waals surface area contributed by atoms with Gasteiger partial charge in [0.1, 0.15) is 6.17 Å². The van der Waals surface area contributed by atoms with Crippen molar-refractivity contribution in [3.8, 4) is 0 Å². The summed E-state index contributed by atoms with van der Waals surface area (Å²) in [5.74, 6) is 2.57. The highest BCUT2D eigenvalue weighted by Gasteiger charge is 2.61. The molecule has 0 amide bonds. The van der Waals surface area contributed by atoms with E-state index >= 15 is 0 Å². The Bertz CT molecular complexity index is 457. The van der Waals surface area contributed by atoms with Crippen LogP contribution in [-0.2, 0) is 0 Å². The lowest BCUT2D eigenvalue weighted by atomic mass is 9.45. The highest BCUT2D eigenvalue weighted by Crippen LogP contribution is 2.66. The third kappa shape index (κ3) is 1.90. The molecule has 3 N–H and O–H groups in total. The van der Waals surface area contributed by atoms with Crippen LogP contribution in [0.4, 0.5) is 4.39 Å². The number of hydrogen-bond acceptors (Lipinski definition) is 2. The first-order valence-electron chi connectivity index (χ1n) is 9.44. The van der Waals surface area contributed by atoms with Gasteiger partial charge in [-0.3, -0.25) is 0 Å². The lowest BCUT2D eigenvalue weighted by Crippen LogP contribution is -2.55. The molecular formula is C19H32FNO. The second-order valence-electron chi connectivity index (χ2n) is 9.41. The minimum Gasteiger partial charge on any atom is -0.393 e. The zero-order valence-electron chi connectivity index (χ0n) is 14.1. The van der Waals surface area contributed by atoms with E-state index in [-0.39, 0.29) is 17.6 Å². The second kappa shape index (κ2) is 4.92. The molecule has 0 aromatic carbocycles. The van der Waals surface area contributed by atoms with E-state index < -0.39 is 6.17 Å². The fourth-order valence-corrected chi connectivity index (χ4v) is 7.24. The SMILES string of the molecule is C[C@]12CC[C@H](O)C[C@H]1CC[C@@H]1[C@@H]2CC[C@]2(C)[C@H](N)[C@@H](F)C[C@@H]12. The summed E-state index contributed by atoms with van der Waals surface area (Å²) in [5, 5.41) is 10.1. The first-order valence-corrected chi connectivity index (χ1v) is 9.44. The van der Waals surface area contributed by atoms with Crippen LogP contribution in [0.1, 0.15) is 65.2 Å². The molecule has 4 rings (SSSR count). The minimum atomic E-state index is -0.799. The van der Waals surface area contributed by atoms with Crippen molar-refractivity contribution in [1.82, 2.24) is 0 Å². The molecule has 0 aliphatic heterocycles. The van der Waals surface area contributed by atoms with Crippen LogP contribution in [0, 0.1) is 34.5 Å². The van der Waals surface area contributed by atoms with Crippen molar-refractivity contribution in [2.24, 2.45) is 40.2 Å². The van der Waals surface area contributed by atoms with Gasteiger partial charge in [0, 0.05) is 6.04 Å². The standard InChI is InChI=1S/C19H32FNO/c1-18-7-5-12(22)9-11(18)3-4-13-14(18)6-8-19(2)15(13)10-16(20)17(19)21/h11-17,22H,3-10,21H2,1-2H3/t11-,12+,13-,14+,15+,16+,17-,18+,19+/m1/s1. The van der Waals surface area contributed by atoms with E-state index in [1.807, 2.05) is 0 Å². The molecule has 0 bridgehead atoms. The maximum absolute atomic E-state index is 14.3. The normalized spacial score (nSPS) is 61.2. The zero-order valence-corrected chi connectivity index (χ0v) is 14.1. The Morgan fingerprint density at radius 2 is 1.68 bits per heavy atom. The summed E-state index contributed by atoms with van der Waals surface area (Å²) in [4.78, 5) is 0. The Kier molecular flexibility index (Phi) is 3.44. The number of nitrogens with two attached hydrogens (primary N) is 1. The van der Waals surface area contributed by atoms with Crippen molar-refractivity contribution < 1.29 is 9.50 Å². The van der Waals surface area contributed by atoms with Crippen LogP contribution in [-0.4, -0.2) is 23.4 Å². The van der Waals surface area contributed by atoms with E-state index in [9.17, 15) is 9.50 Å². The van der Waals surface area contributed by atoms with Crippen LogP contribution >= 0.6 is 0 Å². The summed E-state index contributed by atoms with van der Waals surface area (Å²) in [7, 11) is 0. The molecule has 0 aromatic rings. The minimum absolute atomic E-state index is 0.0258. The molecule has 0 spiro atoms. The van der Waals surface area contributed by atoms with Gasteiger partial charge in [-0.1, -0.05) is 13.8 Å². The van der Waals surface area contributed by atoms with Crippen LogP contribution < -0.4 is 5.73 Å². The molecule has 22 heavy (non-hydrogen) atoms. The van der Waals surface area contributed by atoms with Gasteiger partial charge in [0.05, 0.1) is 6.10 Å². The van der Waals surface area contributed by atoms with Crippen LogP contribution in [0.5, 0.6) is 0 Å². The quantitative estimate of drug-likeness (QED) is 0.717. The van der Waals surface area contributed by atoms with Crippen LogP contribution in [0.15, 0.2) is 0 Å². The Hall–Kier alpha value is -0.150. The molecule has 4 aliphatic rings. The van der Waals surface area contributed by atoms with Gasteiger partial charge in [0.25, 0.3) is 0 Å². The average Bonchev–Trinajstić information content (AvgIpc) is 2.72. The first kappa shape index (κ1) is 15.4. The zero-order chi connectivity index (χ0) is 15.7. The second-order valence-corrected chi connectivity index (χ2v) is 9.41. The summed E-state index contributed by atoms with van der Waals surface area (Å²) in [6.07, 6.45) is 7.72. The number of aliphatic hydroxyl groups is 1. The van der Waals surface area contributed by atoms with E-state index in [4.69, 9.17) is 5.73 Å². The van der Waals surface area contributed by atoms with Gasteiger partial charge in [-0.2, -0.15) is 0 Å². The maximum atomic E-state index is 14.3. The predicted molar refractivity (Wildman–Crippen MR) is 86.0 cm³/mol. The van der Waals surface area contributed by atoms with E-state index in [1.54, 1.807) is 0 Å². The fourth-order valence-electron chi connectivity index (χ4n) is 7.24. The van der Waals surface area contributed by atoms with Crippen molar-refractivity contribution in [2.45, 2.75) is 83.5 Å². The largest absolute Gasteiger partial charge is 0.393 e. The molecule has 3 heteroatoms. The summed E-state index contributed by atoms with van der Waals surface area (Å²) in [5.41, 5.74) is 6.67. The van der Waals surface area contributed by atoms with Gasteiger partial charge in [-0.05, 0) is 85.9 Å². The van der Waals surface area contributed by atoms with Gasteiger partial charge in [0.15, 0.2) is 0 Å². The highest BCUT2D eigenvalue weighted by atomic mass is 19.1. The molecule has 126 valence electrons. The molecule has 0 unspecified atom stereocenters.